The Balaban J connectivity index is 1.12. The number of benzene rings is 2. The number of hydrogen-bond donors (Lipinski definition) is 2. The fourth-order valence-corrected chi connectivity index (χ4v) is 5.48. The minimum Gasteiger partial charge on any atom is -0.457 e. The SMILES string of the molecule is C=CC(=O)N1CCN(c2ccc3ncnc(Nc4ccc(Oc5ccc6n[nH]nc6c5)c(C)c4)c3n2)C[C@@H]1C1CC1. The highest BCUT2D eigenvalue weighted by atomic mass is 16.5. The van der Waals surface area contributed by atoms with Gasteiger partial charge < -0.3 is 19.9 Å². The van der Waals surface area contributed by atoms with Crippen LogP contribution in [0.15, 0.2) is 67.5 Å². The number of pyridine rings is 1. The number of hydrogen-bond acceptors (Lipinski definition) is 9. The normalized spacial score (nSPS) is 17.1. The van der Waals surface area contributed by atoms with E-state index in [4.69, 9.17) is 9.72 Å². The van der Waals surface area contributed by atoms with Crippen LogP contribution in [0.1, 0.15) is 18.4 Å². The second-order valence-electron chi connectivity index (χ2n) is 10.5. The van der Waals surface area contributed by atoms with Crippen LogP contribution >= 0.6 is 0 Å². The molecule has 1 atom stereocenters. The van der Waals surface area contributed by atoms with E-state index in [0.717, 1.165) is 58.8 Å². The minimum absolute atomic E-state index is 0.00987. The molecule has 1 saturated carbocycles. The molecule has 1 saturated heterocycles. The molecule has 0 bridgehead atoms. The van der Waals surface area contributed by atoms with E-state index in [1.54, 1.807) is 6.33 Å². The van der Waals surface area contributed by atoms with Gasteiger partial charge in [0.2, 0.25) is 5.91 Å². The Morgan fingerprint density at radius 2 is 1.90 bits per heavy atom. The van der Waals surface area contributed by atoms with Crippen molar-refractivity contribution >= 4 is 45.3 Å². The largest absolute Gasteiger partial charge is 0.457 e. The van der Waals surface area contributed by atoms with Crippen LogP contribution in [0.5, 0.6) is 11.5 Å². The van der Waals surface area contributed by atoms with E-state index in [2.05, 4.69) is 42.2 Å². The Morgan fingerprint density at radius 3 is 2.73 bits per heavy atom. The molecule has 2 aliphatic rings. The van der Waals surface area contributed by atoms with Gasteiger partial charge in [-0.15, -0.1) is 0 Å². The number of amides is 1. The number of nitrogens with one attached hydrogen (secondary N) is 2. The number of H-pyrrole nitrogens is 1. The van der Waals surface area contributed by atoms with Gasteiger partial charge in [-0.2, -0.15) is 15.4 Å². The summed E-state index contributed by atoms with van der Waals surface area (Å²) in [4.78, 5) is 30.6. The first-order valence-electron chi connectivity index (χ1n) is 13.7. The second-order valence-corrected chi connectivity index (χ2v) is 10.5. The van der Waals surface area contributed by atoms with E-state index in [1.165, 1.54) is 6.08 Å². The van der Waals surface area contributed by atoms with E-state index in [0.29, 0.717) is 36.1 Å². The molecule has 1 amide bonds. The van der Waals surface area contributed by atoms with Crippen LogP contribution in [0.4, 0.5) is 17.3 Å². The molecule has 0 spiro atoms. The maximum Gasteiger partial charge on any atom is 0.246 e. The summed E-state index contributed by atoms with van der Waals surface area (Å²) in [6.07, 6.45) is 5.28. The monoisotopic (exact) mass is 547 g/mol. The Labute approximate surface area is 236 Å². The molecule has 206 valence electrons. The zero-order chi connectivity index (χ0) is 27.9. The summed E-state index contributed by atoms with van der Waals surface area (Å²) >= 11 is 0. The summed E-state index contributed by atoms with van der Waals surface area (Å²) in [6, 6.07) is 15.6. The molecule has 2 fully saturated rings. The number of fused-ring (bicyclic) bond motifs is 2. The first kappa shape index (κ1) is 24.9. The van der Waals surface area contributed by atoms with Crippen molar-refractivity contribution in [1.29, 1.82) is 0 Å². The molecule has 5 aromatic rings. The molecule has 11 heteroatoms. The summed E-state index contributed by atoms with van der Waals surface area (Å²) in [6.45, 7) is 7.81. The Kier molecular flexibility index (Phi) is 6.18. The summed E-state index contributed by atoms with van der Waals surface area (Å²) in [5.74, 6) is 3.47. The van der Waals surface area contributed by atoms with Gasteiger partial charge in [-0.05, 0) is 79.8 Å². The van der Waals surface area contributed by atoms with Crippen molar-refractivity contribution < 1.29 is 9.53 Å². The summed E-state index contributed by atoms with van der Waals surface area (Å²) < 4.78 is 6.12. The van der Waals surface area contributed by atoms with Crippen molar-refractivity contribution in [3.05, 3.63) is 73.1 Å². The molecule has 0 radical (unpaired) electrons. The molecule has 2 aromatic carbocycles. The molecule has 4 heterocycles. The van der Waals surface area contributed by atoms with Gasteiger partial charge in [-0.3, -0.25) is 4.79 Å². The van der Waals surface area contributed by atoms with Crippen molar-refractivity contribution in [2.75, 3.05) is 29.9 Å². The van der Waals surface area contributed by atoms with Crippen LogP contribution in [0.25, 0.3) is 22.1 Å². The van der Waals surface area contributed by atoms with Gasteiger partial charge in [0.1, 0.15) is 40.2 Å². The molecule has 2 N–H and O–H groups in total. The lowest BCUT2D eigenvalue weighted by Gasteiger charge is -2.42. The topological polar surface area (TPSA) is 125 Å². The van der Waals surface area contributed by atoms with Gasteiger partial charge in [0.25, 0.3) is 0 Å². The number of aryl methyl sites for hydroxylation is 1. The van der Waals surface area contributed by atoms with Crippen LogP contribution in [-0.4, -0.2) is 66.8 Å². The first-order valence-corrected chi connectivity index (χ1v) is 13.7. The van der Waals surface area contributed by atoms with E-state index < -0.39 is 0 Å². The Hall–Kier alpha value is -5.06. The summed E-state index contributed by atoms with van der Waals surface area (Å²) in [7, 11) is 0. The highest BCUT2D eigenvalue weighted by Crippen LogP contribution is 2.38. The van der Waals surface area contributed by atoms with Gasteiger partial charge in [-0.1, -0.05) is 6.58 Å². The number of carbonyl (C=O) groups is 1. The number of piperazine rings is 1. The maximum absolute atomic E-state index is 12.5. The maximum atomic E-state index is 12.5. The van der Waals surface area contributed by atoms with Gasteiger partial charge in [0.15, 0.2) is 5.82 Å². The van der Waals surface area contributed by atoms with E-state index >= 15 is 0 Å². The highest BCUT2D eigenvalue weighted by molar-refractivity contribution is 5.89. The fraction of sp³-hybridized carbons (Fsp3) is 0.267. The van der Waals surface area contributed by atoms with Crippen LogP contribution in [-0.2, 0) is 4.79 Å². The van der Waals surface area contributed by atoms with Crippen molar-refractivity contribution in [2.45, 2.75) is 25.8 Å². The second kappa shape index (κ2) is 10.2. The Bertz CT molecular complexity index is 1780. The smallest absolute Gasteiger partial charge is 0.246 e. The van der Waals surface area contributed by atoms with Crippen molar-refractivity contribution in [1.82, 2.24) is 35.3 Å². The van der Waals surface area contributed by atoms with E-state index in [1.807, 2.05) is 60.4 Å². The number of nitrogens with zero attached hydrogens (tertiary/aromatic N) is 7. The highest BCUT2D eigenvalue weighted by Gasteiger charge is 2.40. The lowest BCUT2D eigenvalue weighted by molar-refractivity contribution is -0.129. The van der Waals surface area contributed by atoms with Crippen LogP contribution in [0, 0.1) is 12.8 Å². The van der Waals surface area contributed by atoms with Gasteiger partial charge >= 0.3 is 0 Å². The predicted octanol–water partition coefficient (Wildman–Crippen LogP) is 4.75. The predicted molar refractivity (Wildman–Crippen MR) is 156 cm³/mol. The third kappa shape index (κ3) is 4.90. The molecule has 1 aliphatic heterocycles. The minimum atomic E-state index is 0.00987. The van der Waals surface area contributed by atoms with Gasteiger partial charge in [0, 0.05) is 31.4 Å². The zero-order valence-corrected chi connectivity index (χ0v) is 22.6. The number of rotatable bonds is 7. The number of anilines is 3. The van der Waals surface area contributed by atoms with Crippen molar-refractivity contribution in [3.8, 4) is 11.5 Å². The van der Waals surface area contributed by atoms with Gasteiger partial charge in [-0.25, -0.2) is 15.0 Å². The lowest BCUT2D eigenvalue weighted by atomic mass is 10.1. The number of carbonyl (C=O) groups excluding carboxylic acids is 1. The first-order chi connectivity index (χ1) is 20.1. The molecule has 0 unspecified atom stereocenters. The number of aromatic amines is 1. The number of ether oxygens (including phenoxy) is 1. The average Bonchev–Trinajstić information content (AvgIpc) is 3.75. The zero-order valence-electron chi connectivity index (χ0n) is 22.6. The van der Waals surface area contributed by atoms with E-state index in [9.17, 15) is 4.79 Å². The van der Waals surface area contributed by atoms with E-state index in [-0.39, 0.29) is 11.9 Å². The van der Waals surface area contributed by atoms with Crippen molar-refractivity contribution in [2.24, 2.45) is 5.92 Å². The molecular weight excluding hydrogens is 518 g/mol. The molecule has 1 aliphatic carbocycles. The van der Waals surface area contributed by atoms with Crippen LogP contribution < -0.4 is 15.0 Å². The molecular formula is C30H29N9O2. The molecule has 41 heavy (non-hydrogen) atoms. The summed E-state index contributed by atoms with van der Waals surface area (Å²) in [5.41, 5.74) is 4.80. The standard InChI is InChI=1S/C30H29N9O2/c1-3-28(40)39-13-12-38(16-25(39)19-4-5-19)27-11-9-23-29(34-27)30(32-17-31-23)33-20-6-10-26(18(2)14-20)41-21-7-8-22-24(15-21)36-37-35-22/h3,6-11,14-15,17,19,25H,1,4-5,12-13,16H2,2H3,(H,31,32,33)(H,35,36,37)/t25-/m1/s1. The third-order valence-corrected chi connectivity index (χ3v) is 7.79. The van der Waals surface area contributed by atoms with Crippen LogP contribution in [0.3, 0.4) is 0 Å². The van der Waals surface area contributed by atoms with Crippen molar-refractivity contribution in [3.63, 3.8) is 0 Å². The fourth-order valence-electron chi connectivity index (χ4n) is 5.48. The molecule has 7 rings (SSSR count). The number of aromatic nitrogens is 6. The average molecular weight is 548 g/mol. The van der Waals surface area contributed by atoms with Crippen LogP contribution in [0.2, 0.25) is 0 Å². The quantitative estimate of drug-likeness (QED) is 0.278. The van der Waals surface area contributed by atoms with Gasteiger partial charge in [0.05, 0.1) is 11.6 Å². The third-order valence-electron chi connectivity index (χ3n) is 7.79. The Morgan fingerprint density at radius 1 is 1.05 bits per heavy atom. The molecule has 3 aromatic heterocycles. The summed E-state index contributed by atoms with van der Waals surface area (Å²) in [5, 5.41) is 14.3. The lowest BCUT2D eigenvalue weighted by Crippen LogP contribution is -2.56. The molecule has 11 nitrogen and oxygen atoms in total.